The van der Waals surface area contributed by atoms with Gasteiger partial charge in [0.25, 0.3) is 0 Å². The van der Waals surface area contributed by atoms with E-state index in [-0.39, 0.29) is 12.8 Å². The molecule has 1 atom stereocenters. The number of fused-ring (bicyclic) bond motifs is 1. The van der Waals surface area contributed by atoms with Crippen LogP contribution in [0.3, 0.4) is 0 Å². The first-order valence-corrected chi connectivity index (χ1v) is 9.07. The van der Waals surface area contributed by atoms with Gasteiger partial charge in [0, 0.05) is 11.3 Å². The highest BCUT2D eigenvalue weighted by atomic mass is 32.1. The van der Waals surface area contributed by atoms with E-state index in [0.717, 1.165) is 36.1 Å². The Kier molecular flexibility index (Phi) is 6.36. The second-order valence-electron chi connectivity index (χ2n) is 6.13. The Bertz CT molecular complexity index is 637. The summed E-state index contributed by atoms with van der Waals surface area (Å²) in [5, 5.41) is 11.9. The van der Waals surface area contributed by atoms with Gasteiger partial charge in [0.1, 0.15) is 5.00 Å². The molecule has 1 unspecified atom stereocenters. The molecule has 0 radical (unpaired) electrons. The number of hydrogen-bond donors (Lipinski definition) is 2. The number of hydrogen-bond acceptors (Lipinski definition) is 5. The van der Waals surface area contributed by atoms with Crippen LogP contribution in [0.2, 0.25) is 0 Å². The van der Waals surface area contributed by atoms with Crippen molar-refractivity contribution in [2.45, 2.75) is 52.4 Å². The third-order valence-corrected chi connectivity index (χ3v) is 5.14. The topological polar surface area (TPSA) is 92.7 Å². The smallest absolute Gasteiger partial charge is 0.341 e. The largest absolute Gasteiger partial charge is 0.481 e. The van der Waals surface area contributed by atoms with E-state index in [9.17, 15) is 14.4 Å². The highest BCUT2D eigenvalue weighted by molar-refractivity contribution is 7.17. The molecule has 7 heteroatoms. The van der Waals surface area contributed by atoms with Crippen molar-refractivity contribution in [3.8, 4) is 0 Å². The summed E-state index contributed by atoms with van der Waals surface area (Å²) in [6, 6.07) is 0. The average molecular weight is 353 g/mol. The second kappa shape index (κ2) is 8.28. The lowest BCUT2D eigenvalue weighted by molar-refractivity contribution is -0.138. The lowest BCUT2D eigenvalue weighted by Gasteiger charge is -2.18. The first kappa shape index (κ1) is 18.4. The van der Waals surface area contributed by atoms with Crippen LogP contribution in [-0.2, 0) is 27.2 Å². The summed E-state index contributed by atoms with van der Waals surface area (Å²) in [6.45, 7) is 4.43. The fraction of sp³-hybridized carbons (Fsp3) is 0.588. The minimum absolute atomic E-state index is 0.113. The summed E-state index contributed by atoms with van der Waals surface area (Å²) in [4.78, 5) is 36.1. The van der Waals surface area contributed by atoms with Crippen LogP contribution >= 0.6 is 11.3 Å². The molecule has 0 saturated heterocycles. The predicted molar refractivity (Wildman–Crippen MR) is 91.6 cm³/mol. The lowest BCUT2D eigenvalue weighted by Crippen LogP contribution is -2.17. The van der Waals surface area contributed by atoms with E-state index in [2.05, 4.69) is 12.2 Å². The van der Waals surface area contributed by atoms with Gasteiger partial charge in [-0.05, 0) is 37.2 Å². The molecule has 0 aromatic carbocycles. The molecule has 0 saturated carbocycles. The van der Waals surface area contributed by atoms with Gasteiger partial charge >= 0.3 is 11.9 Å². The van der Waals surface area contributed by atoms with E-state index in [4.69, 9.17) is 9.84 Å². The number of carbonyl (C=O) groups excluding carboxylic acids is 2. The van der Waals surface area contributed by atoms with Crippen LogP contribution in [0.1, 0.15) is 60.3 Å². The first-order valence-electron chi connectivity index (χ1n) is 8.25. The minimum atomic E-state index is -1.02. The highest BCUT2D eigenvalue weighted by Crippen LogP contribution is 2.40. The third-order valence-electron chi connectivity index (χ3n) is 3.97. The maximum absolute atomic E-state index is 12.4. The van der Waals surface area contributed by atoms with Gasteiger partial charge in [-0.2, -0.15) is 0 Å². The van der Waals surface area contributed by atoms with Crippen LogP contribution in [0.15, 0.2) is 0 Å². The van der Waals surface area contributed by atoms with Crippen molar-refractivity contribution in [3.63, 3.8) is 0 Å². The molecule has 24 heavy (non-hydrogen) atoms. The first-order chi connectivity index (χ1) is 11.4. The summed E-state index contributed by atoms with van der Waals surface area (Å²) in [5.74, 6) is -1.27. The monoisotopic (exact) mass is 353 g/mol. The fourth-order valence-corrected chi connectivity index (χ4v) is 4.15. The van der Waals surface area contributed by atoms with E-state index >= 15 is 0 Å². The minimum Gasteiger partial charge on any atom is -0.481 e. The molecule has 0 spiro atoms. The van der Waals surface area contributed by atoms with Gasteiger partial charge in [-0.15, -0.1) is 11.3 Å². The van der Waals surface area contributed by atoms with Gasteiger partial charge in [-0.3, -0.25) is 9.59 Å². The Morgan fingerprint density at radius 2 is 2.08 bits per heavy atom. The normalized spacial score (nSPS) is 16.3. The number of carboxylic acid groups (broad SMARTS) is 1. The molecule has 2 rings (SSSR count). The Morgan fingerprint density at radius 3 is 2.75 bits per heavy atom. The number of anilines is 1. The quantitative estimate of drug-likeness (QED) is 0.734. The van der Waals surface area contributed by atoms with Gasteiger partial charge in [-0.1, -0.05) is 13.8 Å². The van der Waals surface area contributed by atoms with Crippen molar-refractivity contribution in [3.05, 3.63) is 16.0 Å². The molecular weight excluding hydrogens is 330 g/mol. The van der Waals surface area contributed by atoms with Gasteiger partial charge in [0.15, 0.2) is 0 Å². The molecule has 0 bridgehead atoms. The molecule has 1 aromatic heterocycles. The van der Waals surface area contributed by atoms with E-state index < -0.39 is 17.8 Å². The van der Waals surface area contributed by atoms with Crippen LogP contribution < -0.4 is 5.32 Å². The Hall–Kier alpha value is -1.89. The van der Waals surface area contributed by atoms with Crippen molar-refractivity contribution < 1.29 is 24.2 Å². The number of thiophene rings is 1. The molecule has 0 aliphatic heterocycles. The van der Waals surface area contributed by atoms with Crippen LogP contribution in [0.25, 0.3) is 0 Å². The van der Waals surface area contributed by atoms with Crippen LogP contribution in [-0.4, -0.2) is 29.6 Å². The zero-order valence-corrected chi connectivity index (χ0v) is 14.8. The number of ether oxygens (including phenoxy) is 1. The SMILES string of the molecule is CCCOC(=O)c1c(NC(=O)CCC(=O)O)sc2c1CCC(C)C2. The number of nitrogens with one attached hydrogen (secondary N) is 1. The van der Waals surface area contributed by atoms with Gasteiger partial charge < -0.3 is 15.2 Å². The van der Waals surface area contributed by atoms with E-state index in [1.54, 1.807) is 0 Å². The molecule has 1 aromatic rings. The molecule has 1 aliphatic carbocycles. The molecular formula is C17H23NO5S. The standard InChI is InChI=1S/C17H23NO5S/c1-3-8-23-17(22)15-11-5-4-10(2)9-12(11)24-16(15)18-13(19)6-7-14(20)21/h10H,3-9H2,1-2H3,(H,18,19)(H,20,21). The zero-order chi connectivity index (χ0) is 17.7. The molecule has 1 heterocycles. The molecule has 0 fully saturated rings. The highest BCUT2D eigenvalue weighted by Gasteiger charge is 2.29. The second-order valence-corrected chi connectivity index (χ2v) is 7.24. The molecule has 1 amide bonds. The summed E-state index contributed by atoms with van der Waals surface area (Å²) < 4.78 is 5.27. The number of amides is 1. The number of aliphatic carboxylic acids is 1. The average Bonchev–Trinajstić information content (AvgIpc) is 2.87. The summed E-state index contributed by atoms with van der Waals surface area (Å²) in [7, 11) is 0. The predicted octanol–water partition coefficient (Wildman–Crippen LogP) is 3.24. The van der Waals surface area contributed by atoms with E-state index in [0.29, 0.717) is 23.1 Å². The van der Waals surface area contributed by atoms with Gasteiger partial charge in [0.2, 0.25) is 5.91 Å². The molecule has 2 N–H and O–H groups in total. The number of carbonyl (C=O) groups is 3. The third kappa shape index (κ3) is 4.56. The maximum atomic E-state index is 12.4. The molecule has 132 valence electrons. The van der Waals surface area contributed by atoms with Crippen molar-refractivity contribution in [2.75, 3.05) is 11.9 Å². The van der Waals surface area contributed by atoms with Crippen molar-refractivity contribution >= 4 is 34.2 Å². The molecule has 6 nitrogen and oxygen atoms in total. The Labute approximate surface area is 145 Å². The van der Waals surface area contributed by atoms with Crippen LogP contribution in [0.4, 0.5) is 5.00 Å². The number of carboxylic acids is 1. The Balaban J connectivity index is 2.23. The van der Waals surface area contributed by atoms with Crippen LogP contribution in [0.5, 0.6) is 0 Å². The van der Waals surface area contributed by atoms with Crippen molar-refractivity contribution in [1.82, 2.24) is 0 Å². The van der Waals surface area contributed by atoms with Crippen LogP contribution in [0, 0.1) is 5.92 Å². The Morgan fingerprint density at radius 1 is 1.33 bits per heavy atom. The van der Waals surface area contributed by atoms with Gasteiger partial charge in [0.05, 0.1) is 18.6 Å². The summed E-state index contributed by atoms with van der Waals surface area (Å²) in [5.41, 5.74) is 1.44. The van der Waals surface area contributed by atoms with E-state index in [1.165, 1.54) is 11.3 Å². The van der Waals surface area contributed by atoms with E-state index in [1.807, 2.05) is 6.92 Å². The molecule has 1 aliphatic rings. The van der Waals surface area contributed by atoms with Crippen molar-refractivity contribution in [1.29, 1.82) is 0 Å². The van der Waals surface area contributed by atoms with Crippen molar-refractivity contribution in [2.24, 2.45) is 5.92 Å². The zero-order valence-electron chi connectivity index (χ0n) is 14.0. The fourth-order valence-electron chi connectivity index (χ4n) is 2.73. The van der Waals surface area contributed by atoms with Gasteiger partial charge in [-0.25, -0.2) is 4.79 Å². The summed E-state index contributed by atoms with van der Waals surface area (Å²) in [6.07, 6.45) is 3.08. The number of esters is 1. The lowest BCUT2D eigenvalue weighted by atomic mass is 9.88. The maximum Gasteiger partial charge on any atom is 0.341 e. The number of rotatable bonds is 7. The summed E-state index contributed by atoms with van der Waals surface area (Å²) >= 11 is 1.41.